The van der Waals surface area contributed by atoms with Crippen LogP contribution < -0.4 is 5.73 Å². The molecule has 0 spiro atoms. The Morgan fingerprint density at radius 2 is 2.19 bits per heavy atom. The van der Waals surface area contributed by atoms with Gasteiger partial charge in [0, 0.05) is 11.8 Å². The normalized spacial score (nSPS) is 10.3. The van der Waals surface area contributed by atoms with Crippen molar-refractivity contribution in [2.24, 2.45) is 0 Å². The molecule has 0 saturated carbocycles. The van der Waals surface area contributed by atoms with Gasteiger partial charge in [0.15, 0.2) is 0 Å². The molecule has 0 aliphatic heterocycles. The monoisotopic (exact) mass is 218 g/mol. The third-order valence-corrected chi connectivity index (χ3v) is 2.21. The summed E-state index contributed by atoms with van der Waals surface area (Å²) < 4.78 is 0. The Morgan fingerprint density at radius 1 is 1.44 bits per heavy atom. The number of H-pyrrole nitrogens is 1. The maximum Gasteiger partial charge on any atom is 0.371 e. The van der Waals surface area contributed by atoms with Crippen LogP contribution in [-0.2, 0) is 0 Å². The summed E-state index contributed by atoms with van der Waals surface area (Å²) in [6.45, 7) is 1.83. The molecule has 0 aliphatic rings. The number of pyridine rings is 1. The highest BCUT2D eigenvalue weighted by Crippen LogP contribution is 2.19. The Morgan fingerprint density at radius 3 is 2.75 bits per heavy atom. The van der Waals surface area contributed by atoms with Gasteiger partial charge in [-0.1, -0.05) is 0 Å². The SMILES string of the molecule is Cc1cc(-c2cnc(C(=O)O)[nH]2)cnc1N. The number of carboxylic acids is 1. The second-order valence-electron chi connectivity index (χ2n) is 3.38. The predicted molar refractivity (Wildman–Crippen MR) is 57.9 cm³/mol. The van der Waals surface area contributed by atoms with Crippen LogP contribution in [0.4, 0.5) is 5.82 Å². The van der Waals surface area contributed by atoms with E-state index in [1.807, 2.05) is 13.0 Å². The number of anilines is 1. The third-order valence-electron chi connectivity index (χ3n) is 2.21. The number of rotatable bonds is 2. The summed E-state index contributed by atoms with van der Waals surface area (Å²) in [7, 11) is 0. The van der Waals surface area contributed by atoms with E-state index in [2.05, 4.69) is 15.0 Å². The molecule has 2 aromatic rings. The van der Waals surface area contributed by atoms with Crippen molar-refractivity contribution < 1.29 is 9.90 Å². The molecule has 0 amide bonds. The molecule has 82 valence electrons. The molecule has 0 aromatic carbocycles. The van der Waals surface area contributed by atoms with E-state index < -0.39 is 5.97 Å². The number of hydrogen-bond acceptors (Lipinski definition) is 4. The summed E-state index contributed by atoms with van der Waals surface area (Å²) in [5.41, 5.74) is 7.79. The van der Waals surface area contributed by atoms with Crippen LogP contribution in [0.1, 0.15) is 16.2 Å². The molecule has 0 saturated heterocycles. The van der Waals surface area contributed by atoms with E-state index in [4.69, 9.17) is 10.8 Å². The lowest BCUT2D eigenvalue weighted by molar-refractivity contribution is 0.0685. The van der Waals surface area contributed by atoms with Crippen molar-refractivity contribution in [2.75, 3.05) is 5.73 Å². The van der Waals surface area contributed by atoms with Gasteiger partial charge < -0.3 is 15.8 Å². The summed E-state index contributed by atoms with van der Waals surface area (Å²) >= 11 is 0. The number of aryl methyl sites for hydroxylation is 1. The summed E-state index contributed by atoms with van der Waals surface area (Å²) in [6, 6.07) is 1.82. The molecule has 0 fully saturated rings. The van der Waals surface area contributed by atoms with Gasteiger partial charge in [0.2, 0.25) is 5.82 Å². The first-order chi connectivity index (χ1) is 7.58. The molecule has 4 N–H and O–H groups in total. The van der Waals surface area contributed by atoms with E-state index >= 15 is 0 Å². The Bertz CT molecular complexity index is 548. The van der Waals surface area contributed by atoms with Crippen LogP contribution in [0.3, 0.4) is 0 Å². The van der Waals surface area contributed by atoms with Gasteiger partial charge in [-0.15, -0.1) is 0 Å². The molecule has 2 rings (SSSR count). The highest BCUT2D eigenvalue weighted by Gasteiger charge is 2.09. The zero-order chi connectivity index (χ0) is 11.7. The summed E-state index contributed by atoms with van der Waals surface area (Å²) in [5.74, 6) is -0.724. The molecule has 6 heteroatoms. The Labute approximate surface area is 91.2 Å². The Kier molecular flexibility index (Phi) is 2.32. The first-order valence-electron chi connectivity index (χ1n) is 4.58. The lowest BCUT2D eigenvalue weighted by Crippen LogP contribution is -1.98. The number of hydrogen-bond donors (Lipinski definition) is 3. The van der Waals surface area contributed by atoms with Gasteiger partial charge in [-0.25, -0.2) is 14.8 Å². The van der Waals surface area contributed by atoms with Crippen molar-refractivity contribution in [3.63, 3.8) is 0 Å². The standard InChI is InChI=1S/C10H10N4O2/c1-5-2-6(3-12-8(5)11)7-4-13-9(14-7)10(15)16/h2-4H,1H3,(H2,11,12)(H,13,14)(H,15,16). The van der Waals surface area contributed by atoms with Crippen molar-refractivity contribution in [1.82, 2.24) is 15.0 Å². The van der Waals surface area contributed by atoms with Gasteiger partial charge in [-0.05, 0) is 18.6 Å². The Hall–Kier alpha value is -2.37. The maximum absolute atomic E-state index is 10.6. The molecular weight excluding hydrogens is 208 g/mol. The molecule has 0 aliphatic carbocycles. The highest BCUT2D eigenvalue weighted by atomic mass is 16.4. The Balaban J connectivity index is 2.42. The van der Waals surface area contributed by atoms with E-state index in [-0.39, 0.29) is 5.82 Å². The summed E-state index contributed by atoms with van der Waals surface area (Å²) in [6.07, 6.45) is 3.03. The number of carboxylic acid groups (broad SMARTS) is 1. The number of nitrogen functional groups attached to an aromatic ring is 1. The number of aromatic carboxylic acids is 1. The minimum Gasteiger partial charge on any atom is -0.475 e. The number of carbonyl (C=O) groups is 1. The molecule has 2 aromatic heterocycles. The summed E-state index contributed by atoms with van der Waals surface area (Å²) in [4.78, 5) is 21.0. The number of aromatic amines is 1. The van der Waals surface area contributed by atoms with Crippen molar-refractivity contribution in [3.05, 3.63) is 29.8 Å². The largest absolute Gasteiger partial charge is 0.475 e. The molecule has 2 heterocycles. The van der Waals surface area contributed by atoms with Gasteiger partial charge >= 0.3 is 5.97 Å². The average molecular weight is 218 g/mol. The van der Waals surface area contributed by atoms with Crippen LogP contribution in [0.15, 0.2) is 18.5 Å². The van der Waals surface area contributed by atoms with E-state index in [1.54, 1.807) is 6.20 Å². The number of nitrogens with zero attached hydrogens (tertiary/aromatic N) is 2. The molecule has 6 nitrogen and oxygen atoms in total. The first-order valence-corrected chi connectivity index (χ1v) is 4.58. The van der Waals surface area contributed by atoms with Crippen LogP contribution in [0, 0.1) is 6.92 Å². The minimum absolute atomic E-state index is 0.0931. The number of nitrogens with one attached hydrogen (secondary N) is 1. The minimum atomic E-state index is -1.09. The van der Waals surface area contributed by atoms with Crippen LogP contribution in [0.2, 0.25) is 0 Å². The lowest BCUT2D eigenvalue weighted by Gasteiger charge is -2.01. The fourth-order valence-electron chi connectivity index (χ4n) is 1.31. The fraction of sp³-hybridized carbons (Fsp3) is 0.100. The lowest BCUT2D eigenvalue weighted by atomic mass is 10.1. The van der Waals surface area contributed by atoms with Crippen molar-refractivity contribution in [2.45, 2.75) is 6.92 Å². The van der Waals surface area contributed by atoms with Gasteiger partial charge in [0.1, 0.15) is 5.82 Å². The average Bonchev–Trinajstić information content (AvgIpc) is 2.71. The number of nitrogens with two attached hydrogens (primary N) is 1. The van der Waals surface area contributed by atoms with E-state index in [0.717, 1.165) is 11.1 Å². The topological polar surface area (TPSA) is 105 Å². The number of imidazole rings is 1. The first kappa shape index (κ1) is 10.2. The molecule has 0 unspecified atom stereocenters. The van der Waals surface area contributed by atoms with Crippen LogP contribution >= 0.6 is 0 Å². The van der Waals surface area contributed by atoms with Crippen molar-refractivity contribution in [1.29, 1.82) is 0 Å². The zero-order valence-electron chi connectivity index (χ0n) is 8.56. The molecule has 0 atom stereocenters. The molecule has 0 bridgehead atoms. The van der Waals surface area contributed by atoms with Gasteiger partial charge in [0.25, 0.3) is 0 Å². The zero-order valence-corrected chi connectivity index (χ0v) is 8.56. The molecule has 16 heavy (non-hydrogen) atoms. The van der Waals surface area contributed by atoms with E-state index in [1.165, 1.54) is 6.20 Å². The molecule has 0 radical (unpaired) electrons. The fourth-order valence-corrected chi connectivity index (χ4v) is 1.31. The second kappa shape index (κ2) is 3.65. The number of aromatic nitrogens is 3. The van der Waals surface area contributed by atoms with Crippen LogP contribution in [-0.4, -0.2) is 26.0 Å². The third kappa shape index (κ3) is 1.72. The van der Waals surface area contributed by atoms with Crippen LogP contribution in [0.25, 0.3) is 11.3 Å². The predicted octanol–water partition coefficient (Wildman–Crippen LogP) is 1.06. The van der Waals surface area contributed by atoms with Crippen molar-refractivity contribution >= 4 is 11.8 Å². The van der Waals surface area contributed by atoms with Gasteiger partial charge in [-0.2, -0.15) is 0 Å². The van der Waals surface area contributed by atoms with E-state index in [0.29, 0.717) is 11.5 Å². The maximum atomic E-state index is 10.6. The van der Waals surface area contributed by atoms with Gasteiger partial charge in [0.05, 0.1) is 11.9 Å². The summed E-state index contributed by atoms with van der Waals surface area (Å²) in [5, 5.41) is 8.71. The second-order valence-corrected chi connectivity index (χ2v) is 3.38. The molecular formula is C10H10N4O2. The van der Waals surface area contributed by atoms with Crippen LogP contribution in [0.5, 0.6) is 0 Å². The quantitative estimate of drug-likeness (QED) is 0.699. The smallest absolute Gasteiger partial charge is 0.371 e. The highest BCUT2D eigenvalue weighted by molar-refractivity contribution is 5.84. The van der Waals surface area contributed by atoms with Crippen molar-refractivity contribution in [3.8, 4) is 11.3 Å². The van der Waals surface area contributed by atoms with E-state index in [9.17, 15) is 4.79 Å². The van der Waals surface area contributed by atoms with Gasteiger partial charge in [-0.3, -0.25) is 0 Å².